The zero-order chi connectivity index (χ0) is 16.1. The van der Waals surface area contributed by atoms with Crippen LogP contribution in [0.4, 0.5) is 5.69 Å². The van der Waals surface area contributed by atoms with Crippen molar-refractivity contribution in [2.24, 2.45) is 0 Å². The maximum absolute atomic E-state index is 12.0. The number of para-hydroxylation sites is 1. The average Bonchev–Trinajstić information content (AvgIpc) is 2.99. The SMILES string of the molecule is C[N+]1=C/C(=c2\o/c(=C(/[O-])C(Cl)(Cl)Cl)c(=O)s2)c2ccccc21. The molecule has 2 heterocycles. The van der Waals surface area contributed by atoms with Gasteiger partial charge < -0.3 is 9.52 Å². The third kappa shape index (κ3) is 2.58. The van der Waals surface area contributed by atoms with Crippen LogP contribution in [0.25, 0.3) is 11.3 Å². The first-order valence-electron chi connectivity index (χ1n) is 6.09. The van der Waals surface area contributed by atoms with Gasteiger partial charge in [0.15, 0.2) is 16.4 Å². The standard InChI is InChI=1S/C14H8Cl3NO3S/c1-18-6-8(7-4-2-3-5-9(7)18)13-21-10(12(20)22-13)11(19)14(15,16)17/h2-6H,1H3/b13-8-. The third-order valence-corrected chi connectivity index (χ3v) is 4.52. The summed E-state index contributed by atoms with van der Waals surface area (Å²) in [5.74, 6) is -0.967. The van der Waals surface area contributed by atoms with Crippen LogP contribution >= 0.6 is 46.1 Å². The van der Waals surface area contributed by atoms with Crippen molar-refractivity contribution in [3.63, 3.8) is 0 Å². The molecule has 22 heavy (non-hydrogen) atoms. The highest BCUT2D eigenvalue weighted by Crippen LogP contribution is 2.31. The Kier molecular flexibility index (Phi) is 3.85. The molecule has 4 nitrogen and oxygen atoms in total. The second-order valence-corrected chi connectivity index (χ2v) is 7.83. The highest BCUT2D eigenvalue weighted by Gasteiger charge is 2.26. The molecule has 1 aromatic heterocycles. The van der Waals surface area contributed by atoms with Crippen molar-refractivity contribution in [1.82, 2.24) is 0 Å². The number of alkyl halides is 3. The van der Waals surface area contributed by atoms with Crippen LogP contribution in [0.5, 0.6) is 0 Å². The fourth-order valence-corrected chi connectivity index (χ4v) is 3.22. The van der Waals surface area contributed by atoms with Crippen LogP contribution in [0.15, 0.2) is 33.5 Å². The summed E-state index contributed by atoms with van der Waals surface area (Å²) < 4.78 is 4.82. The molecule has 0 atom stereocenters. The van der Waals surface area contributed by atoms with Gasteiger partial charge in [-0.3, -0.25) is 4.79 Å². The number of halogens is 3. The zero-order valence-electron chi connectivity index (χ0n) is 11.1. The van der Waals surface area contributed by atoms with Crippen molar-refractivity contribution < 1.29 is 14.1 Å². The van der Waals surface area contributed by atoms with Gasteiger partial charge in [-0.25, -0.2) is 4.58 Å². The van der Waals surface area contributed by atoms with Gasteiger partial charge in [-0.1, -0.05) is 58.3 Å². The van der Waals surface area contributed by atoms with Crippen LogP contribution in [0.2, 0.25) is 0 Å². The summed E-state index contributed by atoms with van der Waals surface area (Å²) in [7, 11) is 1.88. The van der Waals surface area contributed by atoms with Crippen LogP contribution in [-0.4, -0.2) is 21.6 Å². The van der Waals surface area contributed by atoms with Crippen molar-refractivity contribution in [1.29, 1.82) is 0 Å². The average molecular weight is 377 g/mol. The van der Waals surface area contributed by atoms with E-state index in [-0.39, 0.29) is 0 Å². The first kappa shape index (κ1) is 15.6. The van der Waals surface area contributed by atoms with E-state index in [1.54, 1.807) is 0 Å². The minimum absolute atomic E-state index is 0.305. The number of fused-ring (bicyclic) bond motifs is 1. The predicted molar refractivity (Wildman–Crippen MR) is 86.7 cm³/mol. The number of hydrogen-bond acceptors (Lipinski definition) is 4. The molecule has 0 aliphatic carbocycles. The van der Waals surface area contributed by atoms with Crippen molar-refractivity contribution in [2.75, 3.05) is 7.05 Å². The van der Waals surface area contributed by atoms with E-state index in [0.717, 1.165) is 22.6 Å². The minimum Gasteiger partial charge on any atom is -0.870 e. The molecule has 1 aliphatic rings. The molecule has 0 unspecified atom stereocenters. The van der Waals surface area contributed by atoms with E-state index in [2.05, 4.69) is 0 Å². The molecule has 3 rings (SSSR count). The fourth-order valence-electron chi connectivity index (χ4n) is 2.17. The molecule has 0 bridgehead atoms. The van der Waals surface area contributed by atoms with Crippen LogP contribution in [0.1, 0.15) is 5.56 Å². The molecule has 1 aliphatic heterocycles. The maximum atomic E-state index is 12.0. The van der Waals surface area contributed by atoms with Gasteiger partial charge in [0.1, 0.15) is 12.6 Å². The predicted octanol–water partition coefficient (Wildman–Crippen LogP) is 1.10. The van der Waals surface area contributed by atoms with E-state index in [1.807, 2.05) is 42.1 Å². The largest absolute Gasteiger partial charge is 0.870 e. The van der Waals surface area contributed by atoms with Crippen molar-refractivity contribution in [3.05, 3.63) is 49.5 Å². The normalized spacial score (nSPS) is 18.1. The van der Waals surface area contributed by atoms with Crippen molar-refractivity contribution in [3.8, 4) is 0 Å². The molecule has 0 radical (unpaired) electrons. The van der Waals surface area contributed by atoms with Gasteiger partial charge >= 0.3 is 0 Å². The molecule has 114 valence electrons. The molecular weight excluding hydrogens is 369 g/mol. The van der Waals surface area contributed by atoms with Gasteiger partial charge in [-0.2, -0.15) is 0 Å². The Balaban J connectivity index is 2.36. The molecular formula is C14H8Cl3NO3S. The van der Waals surface area contributed by atoms with Crippen molar-refractivity contribution >= 4 is 69.4 Å². The monoisotopic (exact) mass is 375 g/mol. The molecule has 8 heteroatoms. The second kappa shape index (κ2) is 5.42. The van der Waals surface area contributed by atoms with Gasteiger partial charge in [0.05, 0.1) is 5.56 Å². The Morgan fingerprint density at radius 1 is 1.32 bits per heavy atom. The lowest BCUT2D eigenvalue weighted by Crippen LogP contribution is -2.32. The lowest BCUT2D eigenvalue weighted by molar-refractivity contribution is -0.395. The molecule has 0 saturated carbocycles. The van der Waals surface area contributed by atoms with Gasteiger partial charge in [0.2, 0.25) is 9.48 Å². The molecule has 1 aromatic carbocycles. The second-order valence-electron chi connectivity index (χ2n) is 4.61. The van der Waals surface area contributed by atoms with Gasteiger partial charge in [-0.15, -0.1) is 0 Å². The Morgan fingerprint density at radius 2 is 2.00 bits per heavy atom. The molecule has 0 saturated heterocycles. The van der Waals surface area contributed by atoms with Crippen molar-refractivity contribution in [2.45, 2.75) is 3.79 Å². The number of hydrogen-bond donors (Lipinski definition) is 0. The summed E-state index contributed by atoms with van der Waals surface area (Å²) in [5.41, 5.74) is 2.13. The topological polar surface area (TPSA) is 56.3 Å². The molecule has 0 spiro atoms. The van der Waals surface area contributed by atoms with E-state index >= 15 is 0 Å². The van der Waals surface area contributed by atoms with E-state index in [1.165, 1.54) is 0 Å². The van der Waals surface area contributed by atoms with Crippen LogP contribution in [0, 0.1) is 0 Å². The van der Waals surface area contributed by atoms with Crippen LogP contribution in [-0.2, 0) is 0 Å². The summed E-state index contributed by atoms with van der Waals surface area (Å²) in [6, 6.07) is 7.64. The highest BCUT2D eigenvalue weighted by molar-refractivity contribution is 7.07. The Labute approximate surface area is 143 Å². The van der Waals surface area contributed by atoms with Crippen LogP contribution < -0.4 is 20.0 Å². The molecule has 2 aromatic rings. The highest BCUT2D eigenvalue weighted by atomic mass is 35.6. The van der Waals surface area contributed by atoms with E-state index in [9.17, 15) is 9.90 Å². The molecule has 0 fully saturated rings. The van der Waals surface area contributed by atoms with Gasteiger partial charge in [0, 0.05) is 6.07 Å². The third-order valence-electron chi connectivity index (χ3n) is 3.15. The van der Waals surface area contributed by atoms with E-state index in [4.69, 9.17) is 39.2 Å². The first-order valence-corrected chi connectivity index (χ1v) is 8.04. The summed E-state index contributed by atoms with van der Waals surface area (Å²) in [6.45, 7) is 0. The van der Waals surface area contributed by atoms with E-state index < -0.39 is 19.7 Å². The summed E-state index contributed by atoms with van der Waals surface area (Å²) in [5, 5.41) is 11.9. The summed E-state index contributed by atoms with van der Waals surface area (Å²) in [6.07, 6.45) is 1.82. The summed E-state index contributed by atoms with van der Waals surface area (Å²) >= 11 is 17.4. The smallest absolute Gasteiger partial charge is 0.277 e. The summed E-state index contributed by atoms with van der Waals surface area (Å²) in [4.78, 5) is 12.0. The Morgan fingerprint density at radius 3 is 2.68 bits per heavy atom. The number of benzene rings is 1. The first-order chi connectivity index (χ1) is 10.3. The molecule has 0 amide bonds. The Bertz CT molecular complexity index is 966. The van der Waals surface area contributed by atoms with Gasteiger partial charge in [0.25, 0.3) is 4.74 Å². The fraction of sp³-hybridized carbons (Fsp3) is 0.143. The quantitative estimate of drug-likeness (QED) is 0.511. The lowest BCUT2D eigenvalue weighted by atomic mass is 10.1. The number of rotatable bonds is 0. The zero-order valence-corrected chi connectivity index (χ0v) is 14.2. The Hall–Kier alpha value is -1.27. The van der Waals surface area contributed by atoms with Gasteiger partial charge in [-0.05, 0) is 11.8 Å². The molecule has 0 N–H and O–H groups in total. The number of nitrogens with zero attached hydrogens (tertiary/aromatic N) is 1. The van der Waals surface area contributed by atoms with Crippen LogP contribution in [0.3, 0.4) is 0 Å². The maximum Gasteiger partial charge on any atom is 0.277 e. The van der Waals surface area contributed by atoms with E-state index in [0.29, 0.717) is 10.3 Å². The minimum atomic E-state index is -2.22. The lowest BCUT2D eigenvalue weighted by Gasteiger charge is -2.17.